The van der Waals surface area contributed by atoms with Gasteiger partial charge in [-0.1, -0.05) is 30.0 Å². The van der Waals surface area contributed by atoms with Crippen molar-refractivity contribution in [2.24, 2.45) is 0 Å². The molecule has 20 heavy (non-hydrogen) atoms. The van der Waals surface area contributed by atoms with Crippen molar-refractivity contribution in [1.82, 2.24) is 14.6 Å². The summed E-state index contributed by atoms with van der Waals surface area (Å²) in [6.45, 7) is 2.08. The molecule has 0 aliphatic heterocycles. The molecule has 3 aromatic rings. The zero-order chi connectivity index (χ0) is 13.8. The highest BCUT2D eigenvalue weighted by molar-refractivity contribution is 5.40. The number of hydrogen-bond donors (Lipinski definition) is 0. The fourth-order valence-corrected chi connectivity index (χ4v) is 2.05. The minimum absolute atomic E-state index is 0.811. The number of nitrogens with zero attached hydrogens (tertiary/aromatic N) is 3. The van der Waals surface area contributed by atoms with Gasteiger partial charge in [-0.15, -0.1) is 0 Å². The van der Waals surface area contributed by atoms with Crippen molar-refractivity contribution in [3.8, 4) is 11.8 Å². The van der Waals surface area contributed by atoms with Gasteiger partial charge < -0.3 is 0 Å². The van der Waals surface area contributed by atoms with Gasteiger partial charge >= 0.3 is 0 Å². The number of aromatic nitrogens is 3. The summed E-state index contributed by atoms with van der Waals surface area (Å²) in [6, 6.07) is 12.1. The molecule has 3 heteroatoms. The lowest BCUT2D eigenvalue weighted by molar-refractivity contribution is 0.895. The van der Waals surface area contributed by atoms with E-state index in [0.29, 0.717) is 0 Å². The van der Waals surface area contributed by atoms with E-state index in [4.69, 9.17) is 0 Å². The molecular formula is C17H15N3. The monoisotopic (exact) mass is 261 g/mol. The molecule has 0 unspecified atom stereocenters. The maximum Gasteiger partial charge on any atom is 0.155 e. The number of hydrogen-bond acceptors (Lipinski definition) is 2. The van der Waals surface area contributed by atoms with Crippen molar-refractivity contribution in [3.05, 3.63) is 65.6 Å². The molecule has 1 aromatic carbocycles. The molecule has 98 valence electrons. The fraction of sp³-hybridized carbons (Fsp3) is 0.176. The predicted molar refractivity (Wildman–Crippen MR) is 79.4 cm³/mol. The van der Waals surface area contributed by atoms with E-state index in [2.05, 4.69) is 41.0 Å². The second-order valence-corrected chi connectivity index (χ2v) is 4.67. The van der Waals surface area contributed by atoms with Crippen LogP contribution in [0.4, 0.5) is 0 Å². The molecule has 2 aromatic heterocycles. The van der Waals surface area contributed by atoms with E-state index in [1.54, 1.807) is 10.7 Å². The molecule has 3 rings (SSSR count). The number of fused-ring (bicyclic) bond motifs is 1. The first-order valence-corrected chi connectivity index (χ1v) is 6.67. The van der Waals surface area contributed by atoms with Gasteiger partial charge in [-0.05, 0) is 24.6 Å². The van der Waals surface area contributed by atoms with Crippen LogP contribution in [0.1, 0.15) is 23.2 Å². The first-order valence-electron chi connectivity index (χ1n) is 6.67. The Morgan fingerprint density at radius 2 is 2.05 bits per heavy atom. The zero-order valence-corrected chi connectivity index (χ0v) is 11.4. The van der Waals surface area contributed by atoms with Crippen LogP contribution < -0.4 is 0 Å². The Kier molecular flexibility index (Phi) is 3.47. The molecule has 0 N–H and O–H groups in total. The summed E-state index contributed by atoms with van der Waals surface area (Å²) in [4.78, 5) is 4.53. The maximum absolute atomic E-state index is 4.53. The van der Waals surface area contributed by atoms with E-state index in [1.807, 2.05) is 30.5 Å². The largest absolute Gasteiger partial charge is 0.234 e. The summed E-state index contributed by atoms with van der Waals surface area (Å²) in [5.74, 6) is 6.44. The van der Waals surface area contributed by atoms with Gasteiger partial charge in [0.25, 0.3) is 0 Å². The standard InChI is InChI=1S/C17H15N3/c1-14-6-2-3-7-15(14)8-4-5-9-16-11-13-20-17(19-16)10-12-18-20/h2-3,6-7,10-13H,5,9H2,1H3. The molecule has 0 aliphatic rings. The lowest BCUT2D eigenvalue weighted by Crippen LogP contribution is -1.94. The second kappa shape index (κ2) is 5.58. The molecule has 0 radical (unpaired) electrons. The molecule has 3 nitrogen and oxygen atoms in total. The van der Waals surface area contributed by atoms with Crippen molar-refractivity contribution >= 4 is 5.65 Å². The Morgan fingerprint density at radius 1 is 1.15 bits per heavy atom. The fourth-order valence-electron chi connectivity index (χ4n) is 2.05. The van der Waals surface area contributed by atoms with Crippen molar-refractivity contribution in [3.63, 3.8) is 0 Å². The topological polar surface area (TPSA) is 30.2 Å². The summed E-state index contributed by atoms with van der Waals surface area (Å²) in [5.41, 5.74) is 4.26. The average molecular weight is 261 g/mol. The summed E-state index contributed by atoms with van der Waals surface area (Å²) >= 11 is 0. The highest BCUT2D eigenvalue weighted by atomic mass is 15.2. The van der Waals surface area contributed by atoms with Crippen LogP contribution in [0.15, 0.2) is 48.8 Å². The van der Waals surface area contributed by atoms with E-state index < -0.39 is 0 Å². The molecule has 0 atom stereocenters. The van der Waals surface area contributed by atoms with Crippen molar-refractivity contribution in [2.45, 2.75) is 19.8 Å². The smallest absolute Gasteiger partial charge is 0.155 e. The van der Waals surface area contributed by atoms with Crippen LogP contribution in [-0.4, -0.2) is 14.6 Å². The normalized spacial score (nSPS) is 10.2. The molecule has 2 heterocycles. The first-order chi connectivity index (χ1) is 9.83. The van der Waals surface area contributed by atoms with Crippen LogP contribution in [0, 0.1) is 18.8 Å². The molecule has 0 spiro atoms. The number of rotatable bonds is 2. The van der Waals surface area contributed by atoms with Gasteiger partial charge in [-0.3, -0.25) is 0 Å². The van der Waals surface area contributed by atoms with Crippen LogP contribution in [-0.2, 0) is 6.42 Å². The molecule has 0 amide bonds. The molecule has 0 aliphatic carbocycles. The van der Waals surface area contributed by atoms with E-state index >= 15 is 0 Å². The minimum Gasteiger partial charge on any atom is -0.234 e. The molecular weight excluding hydrogens is 246 g/mol. The van der Waals surface area contributed by atoms with Crippen molar-refractivity contribution in [1.29, 1.82) is 0 Å². The summed E-state index contributed by atoms with van der Waals surface area (Å²) in [7, 11) is 0. The van der Waals surface area contributed by atoms with Crippen LogP contribution in [0.2, 0.25) is 0 Å². The first kappa shape index (κ1) is 12.4. The minimum atomic E-state index is 0.811. The third-order valence-corrected chi connectivity index (χ3v) is 3.19. The molecule has 0 fully saturated rings. The third-order valence-electron chi connectivity index (χ3n) is 3.19. The maximum atomic E-state index is 4.53. The van der Waals surface area contributed by atoms with Gasteiger partial charge in [-0.2, -0.15) is 5.10 Å². The summed E-state index contributed by atoms with van der Waals surface area (Å²) < 4.78 is 1.77. The third kappa shape index (κ3) is 2.70. The SMILES string of the molecule is Cc1ccccc1C#CCCc1ccn2nccc2n1. The van der Waals surface area contributed by atoms with Crippen LogP contribution >= 0.6 is 0 Å². The van der Waals surface area contributed by atoms with E-state index in [0.717, 1.165) is 29.7 Å². The number of benzene rings is 1. The van der Waals surface area contributed by atoms with Gasteiger partial charge in [0.05, 0.1) is 6.20 Å². The Morgan fingerprint density at radius 3 is 2.95 bits per heavy atom. The Hall–Kier alpha value is -2.60. The molecule has 0 bridgehead atoms. The van der Waals surface area contributed by atoms with Gasteiger partial charge in [-0.25, -0.2) is 9.50 Å². The summed E-state index contributed by atoms with van der Waals surface area (Å²) in [5, 5.41) is 4.13. The van der Waals surface area contributed by atoms with Gasteiger partial charge in [0.15, 0.2) is 5.65 Å². The second-order valence-electron chi connectivity index (χ2n) is 4.67. The Bertz CT molecular complexity index is 790. The molecule has 0 saturated heterocycles. The highest BCUT2D eigenvalue weighted by Gasteiger charge is 1.97. The lowest BCUT2D eigenvalue weighted by Gasteiger charge is -1.98. The van der Waals surface area contributed by atoms with E-state index in [1.165, 1.54) is 5.56 Å². The summed E-state index contributed by atoms with van der Waals surface area (Å²) in [6.07, 6.45) is 5.36. The van der Waals surface area contributed by atoms with Gasteiger partial charge in [0.2, 0.25) is 0 Å². The van der Waals surface area contributed by atoms with Crippen LogP contribution in [0.25, 0.3) is 5.65 Å². The predicted octanol–water partition coefficient (Wildman–Crippen LogP) is 3.02. The highest BCUT2D eigenvalue weighted by Crippen LogP contribution is 2.06. The quantitative estimate of drug-likeness (QED) is 0.664. The van der Waals surface area contributed by atoms with Gasteiger partial charge in [0, 0.05) is 36.4 Å². The van der Waals surface area contributed by atoms with Crippen molar-refractivity contribution in [2.75, 3.05) is 0 Å². The molecule has 0 saturated carbocycles. The zero-order valence-electron chi connectivity index (χ0n) is 11.4. The lowest BCUT2D eigenvalue weighted by atomic mass is 10.1. The van der Waals surface area contributed by atoms with Gasteiger partial charge in [0.1, 0.15) is 0 Å². The Balaban J connectivity index is 1.67. The van der Waals surface area contributed by atoms with Crippen LogP contribution in [0.3, 0.4) is 0 Å². The van der Waals surface area contributed by atoms with Crippen molar-refractivity contribution < 1.29 is 0 Å². The van der Waals surface area contributed by atoms with Crippen LogP contribution in [0.5, 0.6) is 0 Å². The Labute approximate surface area is 118 Å². The average Bonchev–Trinajstić information content (AvgIpc) is 2.93. The van der Waals surface area contributed by atoms with E-state index in [9.17, 15) is 0 Å². The number of aryl methyl sites for hydroxylation is 2. The van der Waals surface area contributed by atoms with E-state index in [-0.39, 0.29) is 0 Å².